The zero-order valence-electron chi connectivity index (χ0n) is 19.0. The van der Waals surface area contributed by atoms with Gasteiger partial charge in [-0.2, -0.15) is 4.98 Å². The molecule has 0 spiro atoms. The number of nitrogens with two attached hydrogens (primary N) is 1. The lowest BCUT2D eigenvalue weighted by Gasteiger charge is -2.21. The lowest BCUT2D eigenvalue weighted by atomic mass is 10.2. The fraction of sp³-hybridized carbons (Fsp3) is 0.292. The third kappa shape index (κ3) is 7.60. The van der Waals surface area contributed by atoms with Gasteiger partial charge in [0, 0.05) is 6.20 Å². The number of hydrogen-bond donors (Lipinski definition) is 2. The largest absolute Gasteiger partial charge is 0.460 e. The molecule has 0 saturated carbocycles. The van der Waals surface area contributed by atoms with Crippen LogP contribution >= 0.6 is 8.53 Å². The van der Waals surface area contributed by atoms with E-state index in [0.29, 0.717) is 18.6 Å². The van der Waals surface area contributed by atoms with Crippen LogP contribution in [0.4, 0.5) is 5.82 Å². The summed E-state index contributed by atoms with van der Waals surface area (Å²) in [7, 11) is -1.66. The summed E-state index contributed by atoms with van der Waals surface area (Å²) in [6.45, 7) is 0.334. The van der Waals surface area contributed by atoms with E-state index in [2.05, 4.69) is 10.1 Å². The molecular formula is C24H27N4O6P. The first-order chi connectivity index (χ1) is 17.1. The number of carbonyl (C=O) groups is 1. The van der Waals surface area contributed by atoms with Gasteiger partial charge in [0.1, 0.15) is 30.9 Å². The van der Waals surface area contributed by atoms with Crippen molar-refractivity contribution in [2.24, 2.45) is 0 Å². The molecule has 0 amide bonds. The summed E-state index contributed by atoms with van der Waals surface area (Å²) in [6.07, 6.45) is 2.21. The number of nitrogen functional groups attached to an aromatic ring is 1. The highest BCUT2D eigenvalue weighted by molar-refractivity contribution is 7.45. The van der Waals surface area contributed by atoms with Crippen molar-refractivity contribution in [2.75, 3.05) is 18.9 Å². The summed E-state index contributed by atoms with van der Waals surface area (Å²) < 4.78 is 24.6. The van der Waals surface area contributed by atoms with Gasteiger partial charge in [-0.25, -0.2) is 9.88 Å². The van der Waals surface area contributed by atoms with E-state index in [9.17, 15) is 9.59 Å². The summed E-state index contributed by atoms with van der Waals surface area (Å²) in [5.41, 5.74) is 6.01. The number of hydrogen-bond acceptors (Lipinski definition) is 9. The number of esters is 1. The molecule has 184 valence electrons. The fourth-order valence-corrected chi connectivity index (χ4v) is 4.49. The Morgan fingerprint density at radius 1 is 1.11 bits per heavy atom. The van der Waals surface area contributed by atoms with E-state index in [1.807, 2.05) is 48.5 Å². The monoisotopic (exact) mass is 498 g/mol. The van der Waals surface area contributed by atoms with Gasteiger partial charge in [-0.05, 0) is 36.6 Å². The number of nitrogens with zero attached hydrogens (tertiary/aromatic N) is 2. The first-order valence-electron chi connectivity index (χ1n) is 11.2. The van der Waals surface area contributed by atoms with Gasteiger partial charge in [-0.1, -0.05) is 48.5 Å². The van der Waals surface area contributed by atoms with Crippen LogP contribution in [0.3, 0.4) is 0 Å². The van der Waals surface area contributed by atoms with Gasteiger partial charge in [0.15, 0.2) is 0 Å². The molecule has 3 unspecified atom stereocenters. The van der Waals surface area contributed by atoms with Crippen LogP contribution in [0.2, 0.25) is 0 Å². The lowest BCUT2D eigenvalue weighted by Crippen LogP contribution is -2.28. The smallest absolute Gasteiger partial charge is 0.351 e. The summed E-state index contributed by atoms with van der Waals surface area (Å²) in [6, 6.07) is 20.2. The van der Waals surface area contributed by atoms with E-state index < -0.39 is 26.4 Å². The van der Waals surface area contributed by atoms with Crippen molar-refractivity contribution in [2.45, 2.75) is 31.8 Å². The van der Waals surface area contributed by atoms with Gasteiger partial charge in [-0.15, -0.1) is 0 Å². The van der Waals surface area contributed by atoms with E-state index in [1.165, 1.54) is 4.57 Å². The molecule has 1 aromatic heterocycles. The lowest BCUT2D eigenvalue weighted by molar-refractivity contribution is -0.143. The SMILES string of the molecule is Nc1ccn(C2CCC(COP(NCC(=O)OCc3ccccc3)Oc3ccccc3)O2)c(=O)n1. The summed E-state index contributed by atoms with van der Waals surface area (Å²) in [5.74, 6) is 0.351. The second-order valence-electron chi connectivity index (χ2n) is 7.77. The van der Waals surface area contributed by atoms with Crippen LogP contribution in [-0.2, 0) is 25.4 Å². The van der Waals surface area contributed by atoms with Crippen molar-refractivity contribution in [1.82, 2.24) is 14.6 Å². The zero-order valence-corrected chi connectivity index (χ0v) is 19.9. The molecule has 3 N–H and O–H groups in total. The molecule has 1 fully saturated rings. The Morgan fingerprint density at radius 2 is 1.86 bits per heavy atom. The van der Waals surface area contributed by atoms with E-state index in [4.69, 9.17) is 24.3 Å². The molecule has 0 aliphatic carbocycles. The maximum absolute atomic E-state index is 12.2. The molecule has 3 atom stereocenters. The molecule has 11 heteroatoms. The second-order valence-corrected chi connectivity index (χ2v) is 9.04. The van der Waals surface area contributed by atoms with Crippen molar-refractivity contribution in [3.05, 3.63) is 89.0 Å². The Labute approximate surface area is 204 Å². The van der Waals surface area contributed by atoms with Crippen molar-refractivity contribution < 1.29 is 23.3 Å². The predicted octanol–water partition coefficient (Wildman–Crippen LogP) is 3.16. The second kappa shape index (κ2) is 12.4. The topological polar surface area (TPSA) is 127 Å². The molecule has 0 radical (unpaired) electrons. The van der Waals surface area contributed by atoms with Crippen LogP contribution < -0.4 is 21.0 Å². The average molecular weight is 498 g/mol. The average Bonchev–Trinajstić information content (AvgIpc) is 3.34. The molecule has 1 saturated heterocycles. The molecule has 10 nitrogen and oxygen atoms in total. The predicted molar refractivity (Wildman–Crippen MR) is 130 cm³/mol. The Balaban J connectivity index is 1.29. The molecule has 3 aromatic rings. The van der Waals surface area contributed by atoms with Gasteiger partial charge >= 0.3 is 20.2 Å². The number of nitrogens with one attached hydrogen (secondary N) is 1. The molecule has 1 aliphatic heterocycles. The summed E-state index contributed by atoms with van der Waals surface area (Å²) in [4.78, 5) is 28.1. The normalized spacial score (nSPS) is 18.2. The number of carbonyl (C=O) groups excluding carboxylic acids is 1. The highest BCUT2D eigenvalue weighted by atomic mass is 31.2. The maximum Gasteiger partial charge on any atom is 0.351 e. The van der Waals surface area contributed by atoms with E-state index in [0.717, 1.165) is 5.56 Å². The quantitative estimate of drug-likeness (QED) is 0.303. The van der Waals surface area contributed by atoms with Crippen LogP contribution in [0.25, 0.3) is 0 Å². The molecular weight excluding hydrogens is 471 g/mol. The van der Waals surface area contributed by atoms with Crippen molar-refractivity contribution in [3.63, 3.8) is 0 Å². The van der Waals surface area contributed by atoms with E-state index in [1.54, 1.807) is 24.4 Å². The van der Waals surface area contributed by atoms with Crippen LogP contribution in [0.1, 0.15) is 24.6 Å². The number of anilines is 1. The Bertz CT molecular complexity index is 1150. The molecule has 2 heterocycles. The molecule has 2 aromatic carbocycles. The minimum Gasteiger partial charge on any atom is -0.460 e. The highest BCUT2D eigenvalue weighted by Gasteiger charge is 2.29. The van der Waals surface area contributed by atoms with Gasteiger partial charge in [0.25, 0.3) is 0 Å². The molecule has 4 rings (SSSR count). The van der Waals surface area contributed by atoms with Crippen molar-refractivity contribution in [3.8, 4) is 5.75 Å². The zero-order chi connectivity index (χ0) is 24.5. The number of benzene rings is 2. The van der Waals surface area contributed by atoms with Crippen LogP contribution in [0, 0.1) is 0 Å². The maximum atomic E-state index is 12.2. The Hall–Kier alpha value is -3.30. The number of ether oxygens (including phenoxy) is 2. The summed E-state index contributed by atoms with van der Waals surface area (Å²) >= 11 is 0. The van der Waals surface area contributed by atoms with E-state index >= 15 is 0 Å². The van der Waals surface area contributed by atoms with Crippen LogP contribution in [0.5, 0.6) is 5.75 Å². The molecule has 1 aliphatic rings. The molecule has 0 bridgehead atoms. The number of para-hydroxylation sites is 1. The van der Waals surface area contributed by atoms with E-state index in [-0.39, 0.29) is 31.7 Å². The van der Waals surface area contributed by atoms with Gasteiger partial charge < -0.3 is 24.3 Å². The Kier molecular flexibility index (Phi) is 8.80. The van der Waals surface area contributed by atoms with Gasteiger partial charge in [0.2, 0.25) is 0 Å². The number of aromatic nitrogens is 2. The first kappa shape index (κ1) is 24.8. The van der Waals surface area contributed by atoms with Crippen LogP contribution in [-0.4, -0.2) is 34.8 Å². The van der Waals surface area contributed by atoms with Gasteiger partial charge in [-0.3, -0.25) is 9.36 Å². The first-order valence-corrected chi connectivity index (χ1v) is 12.3. The fourth-order valence-electron chi connectivity index (χ4n) is 3.41. The van der Waals surface area contributed by atoms with Gasteiger partial charge in [0.05, 0.1) is 12.7 Å². The summed E-state index contributed by atoms with van der Waals surface area (Å²) in [5, 5.41) is 3.00. The van der Waals surface area contributed by atoms with Crippen molar-refractivity contribution >= 4 is 20.3 Å². The third-order valence-corrected chi connectivity index (χ3v) is 6.33. The Morgan fingerprint density at radius 3 is 2.60 bits per heavy atom. The highest BCUT2D eigenvalue weighted by Crippen LogP contribution is 2.37. The minimum absolute atomic E-state index is 0.0774. The van der Waals surface area contributed by atoms with Crippen molar-refractivity contribution in [1.29, 1.82) is 0 Å². The molecule has 35 heavy (non-hydrogen) atoms. The minimum atomic E-state index is -1.66. The third-order valence-electron chi connectivity index (χ3n) is 5.15. The van der Waals surface area contributed by atoms with Crippen LogP contribution in [0.15, 0.2) is 77.7 Å². The standard InChI is InChI=1S/C24H27N4O6P/c25-21-13-14-28(24(30)27-21)22-12-11-20(33-22)17-32-35(34-19-9-5-2-6-10-19)26-15-23(29)31-16-18-7-3-1-4-8-18/h1-10,13-14,20,22,26H,11-12,15-17H2,(H2,25,27,30). The number of rotatable bonds is 11.